The highest BCUT2D eigenvalue weighted by Crippen LogP contribution is 2.25. The Morgan fingerprint density at radius 1 is 0.950 bits per heavy atom. The lowest BCUT2D eigenvalue weighted by Gasteiger charge is -2.32. The first-order chi connectivity index (χ1) is 19.0. The molecule has 1 unspecified atom stereocenters. The molecule has 2 amide bonds. The van der Waals surface area contributed by atoms with Gasteiger partial charge >= 0.3 is 0 Å². The van der Waals surface area contributed by atoms with E-state index in [9.17, 15) is 22.4 Å². The van der Waals surface area contributed by atoms with Crippen LogP contribution >= 0.6 is 23.2 Å². The first kappa shape index (κ1) is 31.4. The van der Waals surface area contributed by atoms with E-state index < -0.39 is 21.9 Å². The van der Waals surface area contributed by atoms with Gasteiger partial charge in [0.15, 0.2) is 0 Å². The highest BCUT2D eigenvalue weighted by molar-refractivity contribution is 7.92. The van der Waals surface area contributed by atoms with Crippen LogP contribution in [0.5, 0.6) is 0 Å². The maximum Gasteiger partial charge on any atom is 0.243 e. The Balaban J connectivity index is 1.87. The van der Waals surface area contributed by atoms with Crippen LogP contribution in [0.15, 0.2) is 72.8 Å². The molecule has 3 rings (SSSR count). The van der Waals surface area contributed by atoms with Gasteiger partial charge in [0.1, 0.15) is 11.9 Å². The molecule has 40 heavy (non-hydrogen) atoms. The summed E-state index contributed by atoms with van der Waals surface area (Å²) in [7, 11) is -3.69. The SMILES string of the molecule is CCNC(=O)C(Cc1ccccc1)N(Cc1ccc(Cl)c(Cl)c1)C(=O)CCCN(c1ccc(F)cc1)S(C)(=O)=O. The lowest BCUT2D eigenvalue weighted by molar-refractivity contribution is -0.141. The number of halogens is 3. The molecule has 3 aromatic carbocycles. The van der Waals surface area contributed by atoms with Crippen LogP contribution in [-0.4, -0.2) is 50.5 Å². The first-order valence-corrected chi connectivity index (χ1v) is 15.4. The van der Waals surface area contributed by atoms with Crippen LogP contribution in [-0.2, 0) is 32.6 Å². The predicted octanol–water partition coefficient (Wildman–Crippen LogP) is 5.45. The molecule has 0 aromatic heterocycles. The van der Waals surface area contributed by atoms with Crippen LogP contribution in [0.2, 0.25) is 10.0 Å². The van der Waals surface area contributed by atoms with Crippen LogP contribution in [0.25, 0.3) is 0 Å². The van der Waals surface area contributed by atoms with Gasteiger partial charge in [-0.3, -0.25) is 13.9 Å². The normalized spacial score (nSPS) is 12.0. The van der Waals surface area contributed by atoms with Crippen molar-refractivity contribution < 1.29 is 22.4 Å². The second-order valence-corrected chi connectivity index (χ2v) is 12.0. The van der Waals surface area contributed by atoms with Gasteiger partial charge < -0.3 is 10.2 Å². The van der Waals surface area contributed by atoms with Crippen molar-refractivity contribution in [3.63, 3.8) is 0 Å². The van der Waals surface area contributed by atoms with E-state index in [1.807, 2.05) is 30.3 Å². The van der Waals surface area contributed by atoms with E-state index in [1.54, 1.807) is 25.1 Å². The number of rotatable bonds is 13. The van der Waals surface area contributed by atoms with Gasteiger partial charge in [-0.2, -0.15) is 0 Å². The molecule has 0 heterocycles. The number of likely N-dealkylation sites (N-methyl/N-ethyl adjacent to an activating group) is 1. The van der Waals surface area contributed by atoms with E-state index in [0.717, 1.165) is 16.1 Å². The molecule has 1 N–H and O–H groups in total. The van der Waals surface area contributed by atoms with Crippen molar-refractivity contribution in [1.82, 2.24) is 10.2 Å². The number of nitrogens with zero attached hydrogens (tertiary/aromatic N) is 2. The van der Waals surface area contributed by atoms with Crippen molar-refractivity contribution in [2.75, 3.05) is 23.7 Å². The molecule has 0 fully saturated rings. The number of nitrogens with one attached hydrogen (secondary N) is 1. The fourth-order valence-electron chi connectivity index (χ4n) is 4.29. The summed E-state index contributed by atoms with van der Waals surface area (Å²) in [6, 6.07) is 18.7. The Kier molecular flexibility index (Phi) is 11.4. The molecule has 1 atom stereocenters. The zero-order valence-electron chi connectivity index (χ0n) is 22.3. The third kappa shape index (κ3) is 8.94. The number of hydrogen-bond acceptors (Lipinski definition) is 4. The Hall–Kier alpha value is -3.14. The molecule has 0 radical (unpaired) electrons. The van der Waals surface area contributed by atoms with Crippen molar-refractivity contribution in [2.24, 2.45) is 0 Å². The van der Waals surface area contributed by atoms with Crippen molar-refractivity contribution >= 4 is 50.7 Å². The quantitative estimate of drug-likeness (QED) is 0.280. The molecule has 0 saturated carbocycles. The minimum absolute atomic E-state index is 0.00132. The second kappa shape index (κ2) is 14.5. The van der Waals surface area contributed by atoms with Crippen LogP contribution < -0.4 is 9.62 Å². The molecule has 0 saturated heterocycles. The average Bonchev–Trinajstić information content (AvgIpc) is 2.91. The molecule has 0 aliphatic rings. The van der Waals surface area contributed by atoms with Gasteiger partial charge in [-0.25, -0.2) is 12.8 Å². The summed E-state index contributed by atoms with van der Waals surface area (Å²) in [5, 5.41) is 3.53. The number of anilines is 1. The fraction of sp³-hybridized carbons (Fsp3) is 0.310. The number of carbonyl (C=O) groups is 2. The van der Waals surface area contributed by atoms with Gasteiger partial charge in [-0.1, -0.05) is 59.6 Å². The van der Waals surface area contributed by atoms with Crippen molar-refractivity contribution in [3.05, 3.63) is 99.8 Å². The summed E-state index contributed by atoms with van der Waals surface area (Å²) in [4.78, 5) is 28.5. The third-order valence-corrected chi connectivity index (χ3v) is 8.16. The van der Waals surface area contributed by atoms with E-state index in [2.05, 4.69) is 5.32 Å². The Morgan fingerprint density at radius 3 is 2.23 bits per heavy atom. The Bertz CT molecular complexity index is 1410. The van der Waals surface area contributed by atoms with Gasteiger partial charge in [-0.15, -0.1) is 0 Å². The number of hydrogen-bond donors (Lipinski definition) is 1. The maximum atomic E-state index is 13.7. The van der Waals surface area contributed by atoms with E-state index in [0.29, 0.717) is 27.8 Å². The third-order valence-electron chi connectivity index (χ3n) is 6.23. The number of benzene rings is 3. The second-order valence-electron chi connectivity index (χ2n) is 9.29. The summed E-state index contributed by atoms with van der Waals surface area (Å²) < 4.78 is 39.5. The standard InChI is InChI=1S/C29H32Cl2FN3O4S/c1-3-33-29(37)27(19-21-8-5-4-6-9-21)34(20-22-11-16-25(30)26(31)18-22)28(36)10-7-17-35(40(2,38)39)24-14-12-23(32)13-15-24/h4-6,8-9,11-16,18,27H,3,7,10,17,19-20H2,1-2H3,(H,33,37). The molecule has 0 bridgehead atoms. The van der Waals surface area contributed by atoms with Gasteiger partial charge in [-0.05, 0) is 60.9 Å². The van der Waals surface area contributed by atoms with Crippen LogP contribution in [0.1, 0.15) is 30.9 Å². The number of sulfonamides is 1. The van der Waals surface area contributed by atoms with Gasteiger partial charge in [0.25, 0.3) is 0 Å². The molecule has 0 aliphatic carbocycles. The lowest BCUT2D eigenvalue weighted by atomic mass is 10.0. The molecular formula is C29H32Cl2FN3O4S. The molecule has 3 aromatic rings. The van der Waals surface area contributed by atoms with Crippen LogP contribution in [0.3, 0.4) is 0 Å². The lowest BCUT2D eigenvalue weighted by Crippen LogP contribution is -2.50. The van der Waals surface area contributed by atoms with Gasteiger partial charge in [0.05, 0.1) is 22.0 Å². The number of amides is 2. The van der Waals surface area contributed by atoms with Crippen molar-refractivity contribution in [3.8, 4) is 0 Å². The maximum absolute atomic E-state index is 13.7. The van der Waals surface area contributed by atoms with Gasteiger partial charge in [0, 0.05) is 32.5 Å². The fourth-order valence-corrected chi connectivity index (χ4v) is 5.58. The average molecular weight is 609 g/mol. The van der Waals surface area contributed by atoms with E-state index >= 15 is 0 Å². The summed E-state index contributed by atoms with van der Waals surface area (Å²) in [6.07, 6.45) is 1.48. The summed E-state index contributed by atoms with van der Waals surface area (Å²) >= 11 is 12.3. The zero-order chi connectivity index (χ0) is 29.3. The first-order valence-electron chi connectivity index (χ1n) is 12.8. The molecule has 7 nitrogen and oxygen atoms in total. The van der Waals surface area contributed by atoms with Crippen LogP contribution in [0, 0.1) is 5.82 Å². The summed E-state index contributed by atoms with van der Waals surface area (Å²) in [5.41, 5.74) is 1.87. The molecule has 214 valence electrons. The Labute approximate surface area is 244 Å². The topological polar surface area (TPSA) is 86.8 Å². The zero-order valence-corrected chi connectivity index (χ0v) is 24.6. The molecule has 0 aliphatic heterocycles. The number of carbonyl (C=O) groups excluding carboxylic acids is 2. The van der Waals surface area contributed by atoms with E-state index in [-0.39, 0.29) is 44.2 Å². The smallest absolute Gasteiger partial charge is 0.243 e. The van der Waals surface area contributed by atoms with E-state index in [1.165, 1.54) is 29.2 Å². The largest absolute Gasteiger partial charge is 0.355 e. The van der Waals surface area contributed by atoms with Gasteiger partial charge in [0.2, 0.25) is 21.8 Å². The molecule has 11 heteroatoms. The molecular weight excluding hydrogens is 576 g/mol. The van der Waals surface area contributed by atoms with Crippen molar-refractivity contribution in [1.29, 1.82) is 0 Å². The highest BCUT2D eigenvalue weighted by atomic mass is 35.5. The van der Waals surface area contributed by atoms with Crippen molar-refractivity contribution in [2.45, 2.75) is 38.8 Å². The monoisotopic (exact) mass is 607 g/mol. The summed E-state index contributed by atoms with van der Waals surface area (Å²) in [5.74, 6) is -1.12. The van der Waals surface area contributed by atoms with E-state index in [4.69, 9.17) is 23.2 Å². The molecule has 0 spiro atoms. The van der Waals surface area contributed by atoms with Crippen LogP contribution in [0.4, 0.5) is 10.1 Å². The Morgan fingerprint density at radius 2 is 1.62 bits per heavy atom. The minimum Gasteiger partial charge on any atom is -0.355 e. The summed E-state index contributed by atoms with van der Waals surface area (Å²) in [6.45, 7) is 2.29. The predicted molar refractivity (Wildman–Crippen MR) is 157 cm³/mol. The highest BCUT2D eigenvalue weighted by Gasteiger charge is 2.30. The minimum atomic E-state index is -3.69.